The number of carbonyl (C=O) groups excluding carboxylic acids is 2. The van der Waals surface area contributed by atoms with Crippen molar-refractivity contribution < 1.29 is 9.59 Å². The molecule has 6 heteroatoms. The first-order chi connectivity index (χ1) is 7.98. The third-order valence-electron chi connectivity index (χ3n) is 1.92. The Balaban J connectivity index is 2.86. The molecule has 0 aromatic carbocycles. The molecule has 2 N–H and O–H groups in total. The van der Waals surface area contributed by atoms with Crippen LogP contribution in [0, 0.1) is 11.3 Å². The summed E-state index contributed by atoms with van der Waals surface area (Å²) in [6.45, 7) is 3.16. The van der Waals surface area contributed by atoms with Gasteiger partial charge in [-0.1, -0.05) is 0 Å². The minimum absolute atomic E-state index is 0.139. The highest BCUT2D eigenvalue weighted by Gasteiger charge is 2.20. The lowest BCUT2D eigenvalue weighted by Crippen LogP contribution is -2.42. The molecular formula is C11H12N4O2. The van der Waals surface area contributed by atoms with Gasteiger partial charge < -0.3 is 10.6 Å². The topological polar surface area (TPSA) is 94.9 Å². The smallest absolute Gasteiger partial charge is 0.271 e. The van der Waals surface area contributed by atoms with E-state index in [1.807, 2.05) is 6.07 Å². The van der Waals surface area contributed by atoms with Gasteiger partial charge >= 0.3 is 0 Å². The van der Waals surface area contributed by atoms with E-state index in [0.717, 1.165) is 0 Å². The largest absolute Gasteiger partial charge is 0.333 e. The van der Waals surface area contributed by atoms with Crippen LogP contribution in [0.15, 0.2) is 18.3 Å². The minimum atomic E-state index is -0.965. The lowest BCUT2D eigenvalue weighted by atomic mass is 10.1. The fourth-order valence-electron chi connectivity index (χ4n) is 1.09. The maximum Gasteiger partial charge on any atom is 0.271 e. The summed E-state index contributed by atoms with van der Waals surface area (Å²) in [5.41, 5.74) is -0.359. The summed E-state index contributed by atoms with van der Waals surface area (Å²) in [6.07, 6.45) is 1.91. The Hall–Kier alpha value is -2.42. The highest BCUT2D eigenvalue weighted by atomic mass is 16.2. The summed E-state index contributed by atoms with van der Waals surface area (Å²) in [5.74, 6) is -0.467. The van der Waals surface area contributed by atoms with Gasteiger partial charge in [-0.25, -0.2) is 0 Å². The van der Waals surface area contributed by atoms with E-state index in [2.05, 4.69) is 15.6 Å². The number of hydrogen-bond acceptors (Lipinski definition) is 4. The maximum absolute atomic E-state index is 11.7. The number of amides is 2. The molecule has 1 aromatic heterocycles. The van der Waals surface area contributed by atoms with Crippen LogP contribution in [-0.2, 0) is 4.79 Å². The molecule has 0 spiro atoms. The third-order valence-corrected chi connectivity index (χ3v) is 1.92. The van der Waals surface area contributed by atoms with Crippen molar-refractivity contribution in [3.63, 3.8) is 0 Å². The van der Waals surface area contributed by atoms with Gasteiger partial charge in [0.15, 0.2) is 0 Å². The van der Waals surface area contributed by atoms with Crippen LogP contribution in [0.2, 0.25) is 0 Å². The molecule has 0 fully saturated rings. The van der Waals surface area contributed by atoms with Crippen LogP contribution in [0.4, 0.5) is 5.69 Å². The van der Waals surface area contributed by atoms with Crippen molar-refractivity contribution in [2.75, 3.05) is 5.32 Å². The van der Waals surface area contributed by atoms with Crippen molar-refractivity contribution >= 4 is 18.0 Å². The van der Waals surface area contributed by atoms with Crippen LogP contribution in [0.5, 0.6) is 0 Å². The zero-order chi connectivity index (χ0) is 12.9. The summed E-state index contributed by atoms with van der Waals surface area (Å²) >= 11 is 0. The molecule has 1 heterocycles. The quantitative estimate of drug-likeness (QED) is 0.746. The van der Waals surface area contributed by atoms with Crippen molar-refractivity contribution in [2.24, 2.45) is 0 Å². The zero-order valence-electron chi connectivity index (χ0n) is 9.52. The summed E-state index contributed by atoms with van der Waals surface area (Å²) in [6, 6.07) is 4.93. The van der Waals surface area contributed by atoms with Crippen LogP contribution in [-0.4, -0.2) is 22.8 Å². The lowest BCUT2D eigenvalue weighted by Gasteiger charge is -2.17. The van der Waals surface area contributed by atoms with Gasteiger partial charge in [0.2, 0.25) is 6.41 Å². The van der Waals surface area contributed by atoms with E-state index in [-0.39, 0.29) is 5.69 Å². The molecule has 0 unspecified atom stereocenters. The molecule has 0 saturated heterocycles. The van der Waals surface area contributed by atoms with Crippen LogP contribution in [0.25, 0.3) is 0 Å². The Kier molecular flexibility index (Phi) is 3.78. The number of pyridine rings is 1. The highest BCUT2D eigenvalue weighted by Crippen LogP contribution is 2.08. The first-order valence-electron chi connectivity index (χ1n) is 4.88. The van der Waals surface area contributed by atoms with Gasteiger partial charge in [0, 0.05) is 11.9 Å². The standard InChI is InChI=1S/C11H12N4O2/c1-11(2,6-12)15-10(17)9-5-8(14-7-16)3-4-13-9/h3-5,7H,1-2H3,(H,15,17)(H,13,14,16). The van der Waals surface area contributed by atoms with Gasteiger partial charge in [-0.2, -0.15) is 5.26 Å². The van der Waals surface area contributed by atoms with E-state index in [9.17, 15) is 9.59 Å². The van der Waals surface area contributed by atoms with Gasteiger partial charge in [0.1, 0.15) is 11.2 Å². The van der Waals surface area contributed by atoms with E-state index in [1.54, 1.807) is 19.9 Å². The summed E-state index contributed by atoms with van der Waals surface area (Å²) in [4.78, 5) is 25.9. The summed E-state index contributed by atoms with van der Waals surface area (Å²) in [7, 11) is 0. The maximum atomic E-state index is 11.7. The van der Waals surface area contributed by atoms with Crippen molar-refractivity contribution in [1.29, 1.82) is 5.26 Å². The zero-order valence-corrected chi connectivity index (χ0v) is 9.52. The van der Waals surface area contributed by atoms with Gasteiger partial charge in [-0.15, -0.1) is 0 Å². The Morgan fingerprint density at radius 1 is 1.59 bits per heavy atom. The van der Waals surface area contributed by atoms with Crippen molar-refractivity contribution in [3.05, 3.63) is 24.0 Å². The van der Waals surface area contributed by atoms with Crippen LogP contribution >= 0.6 is 0 Å². The number of hydrogen-bond donors (Lipinski definition) is 2. The van der Waals surface area contributed by atoms with Crippen molar-refractivity contribution in [1.82, 2.24) is 10.3 Å². The van der Waals surface area contributed by atoms with E-state index in [0.29, 0.717) is 12.1 Å². The number of anilines is 1. The predicted octanol–water partition coefficient (Wildman–Crippen LogP) is 0.682. The Morgan fingerprint density at radius 2 is 2.29 bits per heavy atom. The van der Waals surface area contributed by atoms with E-state index >= 15 is 0 Å². The van der Waals surface area contributed by atoms with Crippen molar-refractivity contribution in [2.45, 2.75) is 19.4 Å². The van der Waals surface area contributed by atoms with E-state index in [1.165, 1.54) is 12.3 Å². The SMILES string of the molecule is CC(C)(C#N)NC(=O)c1cc(NC=O)ccn1. The van der Waals surface area contributed by atoms with Gasteiger partial charge in [-0.05, 0) is 26.0 Å². The number of nitrogens with zero attached hydrogens (tertiary/aromatic N) is 2. The summed E-state index contributed by atoms with van der Waals surface area (Å²) < 4.78 is 0. The van der Waals surface area contributed by atoms with Crippen molar-refractivity contribution in [3.8, 4) is 6.07 Å². The number of nitriles is 1. The molecule has 0 radical (unpaired) electrons. The second kappa shape index (κ2) is 5.07. The fraction of sp³-hybridized carbons (Fsp3) is 0.273. The normalized spacial score (nSPS) is 10.2. The molecule has 17 heavy (non-hydrogen) atoms. The Morgan fingerprint density at radius 3 is 2.88 bits per heavy atom. The van der Waals surface area contributed by atoms with E-state index < -0.39 is 11.4 Å². The molecule has 6 nitrogen and oxygen atoms in total. The molecule has 88 valence electrons. The fourth-order valence-corrected chi connectivity index (χ4v) is 1.09. The lowest BCUT2D eigenvalue weighted by molar-refractivity contribution is -0.105. The van der Waals surface area contributed by atoms with E-state index in [4.69, 9.17) is 5.26 Å². The monoisotopic (exact) mass is 232 g/mol. The average molecular weight is 232 g/mol. The molecule has 0 aliphatic carbocycles. The number of carbonyl (C=O) groups is 2. The minimum Gasteiger partial charge on any atom is -0.333 e. The van der Waals surface area contributed by atoms with Crippen LogP contribution in [0.3, 0.4) is 0 Å². The number of aromatic nitrogens is 1. The highest BCUT2D eigenvalue weighted by molar-refractivity contribution is 5.94. The molecule has 0 atom stereocenters. The first kappa shape index (κ1) is 12.6. The average Bonchev–Trinajstić information content (AvgIpc) is 2.29. The van der Waals surface area contributed by atoms with Gasteiger partial charge in [-0.3, -0.25) is 14.6 Å². The predicted molar refractivity (Wildman–Crippen MR) is 61.1 cm³/mol. The molecule has 0 aliphatic rings. The molecule has 0 saturated carbocycles. The number of rotatable bonds is 4. The Labute approximate surface area is 98.7 Å². The molecule has 0 bridgehead atoms. The van der Waals surface area contributed by atoms with Gasteiger partial charge in [0.25, 0.3) is 5.91 Å². The summed E-state index contributed by atoms with van der Waals surface area (Å²) in [5, 5.41) is 13.7. The molecule has 2 amide bonds. The molecule has 0 aliphatic heterocycles. The first-order valence-corrected chi connectivity index (χ1v) is 4.88. The Bertz CT molecular complexity index is 477. The second-order valence-electron chi connectivity index (χ2n) is 3.88. The third kappa shape index (κ3) is 3.57. The van der Waals surface area contributed by atoms with Crippen LogP contribution in [0.1, 0.15) is 24.3 Å². The van der Waals surface area contributed by atoms with Gasteiger partial charge in [0.05, 0.1) is 6.07 Å². The number of nitrogens with one attached hydrogen (secondary N) is 2. The molecule has 1 aromatic rings. The second-order valence-corrected chi connectivity index (χ2v) is 3.88. The van der Waals surface area contributed by atoms with Crippen LogP contribution < -0.4 is 10.6 Å². The molecule has 1 rings (SSSR count). The molecular weight excluding hydrogens is 220 g/mol.